The van der Waals surface area contributed by atoms with Gasteiger partial charge in [0.25, 0.3) is 0 Å². The van der Waals surface area contributed by atoms with E-state index in [-0.39, 0.29) is 5.41 Å². The van der Waals surface area contributed by atoms with Crippen molar-refractivity contribution < 1.29 is 9.94 Å². The van der Waals surface area contributed by atoms with Crippen LogP contribution in [0.4, 0.5) is 0 Å². The summed E-state index contributed by atoms with van der Waals surface area (Å²) in [7, 11) is 0. The van der Waals surface area contributed by atoms with Gasteiger partial charge in [-0.1, -0.05) is 32.9 Å². The molecule has 4 N–H and O–H groups in total. The molecule has 5 heteroatoms. The smallest absolute Gasteiger partial charge is 0.144 e. The van der Waals surface area contributed by atoms with Crippen molar-refractivity contribution in [3.05, 3.63) is 0 Å². The Labute approximate surface area is 117 Å². The van der Waals surface area contributed by atoms with Crippen LogP contribution in [0.1, 0.15) is 47.0 Å². The predicted octanol–water partition coefficient (Wildman–Crippen LogP) is 2.19. The highest BCUT2D eigenvalue weighted by atomic mass is 16.5. The van der Waals surface area contributed by atoms with Crippen LogP contribution in [0, 0.1) is 11.3 Å². The molecule has 0 radical (unpaired) electrons. The minimum absolute atomic E-state index is 0.239. The van der Waals surface area contributed by atoms with Gasteiger partial charge in [-0.2, -0.15) is 0 Å². The molecule has 0 aliphatic rings. The minimum atomic E-state index is -0.239. The van der Waals surface area contributed by atoms with Gasteiger partial charge in [0.15, 0.2) is 0 Å². The number of hydrogen-bond acceptors (Lipinski definition) is 4. The summed E-state index contributed by atoms with van der Waals surface area (Å²) in [6.45, 7) is 11.9. The maximum atomic E-state index is 8.67. The Bertz CT molecular complexity index is 253. The molecule has 114 valence electrons. The lowest BCUT2D eigenvalue weighted by molar-refractivity contribution is 0.108. The number of amidine groups is 1. The number of rotatable bonds is 11. The first-order valence-corrected chi connectivity index (χ1v) is 7.16. The molecule has 0 unspecified atom stereocenters. The van der Waals surface area contributed by atoms with Crippen LogP contribution in [0.25, 0.3) is 0 Å². The summed E-state index contributed by atoms with van der Waals surface area (Å²) in [5.41, 5.74) is 5.39. The molecule has 0 rings (SSSR count). The second-order valence-electron chi connectivity index (χ2n) is 6.04. The predicted molar refractivity (Wildman–Crippen MR) is 79.6 cm³/mol. The quantitative estimate of drug-likeness (QED) is 0.177. The second kappa shape index (κ2) is 10.0. The lowest BCUT2D eigenvalue weighted by Crippen LogP contribution is -2.32. The van der Waals surface area contributed by atoms with E-state index >= 15 is 0 Å². The highest BCUT2D eigenvalue weighted by Crippen LogP contribution is 2.21. The summed E-state index contributed by atoms with van der Waals surface area (Å²) in [6.07, 6.45) is 2.95. The second-order valence-corrected chi connectivity index (χ2v) is 6.04. The van der Waals surface area contributed by atoms with Gasteiger partial charge in [0, 0.05) is 18.6 Å². The van der Waals surface area contributed by atoms with E-state index in [1.165, 1.54) is 0 Å². The number of ether oxygens (including phenoxy) is 1. The molecule has 0 fully saturated rings. The van der Waals surface area contributed by atoms with Crippen molar-refractivity contribution in [2.24, 2.45) is 22.2 Å². The number of oxime groups is 1. The zero-order valence-corrected chi connectivity index (χ0v) is 12.9. The summed E-state index contributed by atoms with van der Waals surface area (Å²) >= 11 is 0. The number of hydrogen-bond donors (Lipinski definition) is 3. The highest BCUT2D eigenvalue weighted by Gasteiger charge is 2.22. The molecule has 0 aliphatic carbocycles. The van der Waals surface area contributed by atoms with Crippen LogP contribution in [-0.2, 0) is 4.74 Å². The van der Waals surface area contributed by atoms with Gasteiger partial charge < -0.3 is 21.0 Å². The van der Waals surface area contributed by atoms with Crippen LogP contribution >= 0.6 is 0 Å². The van der Waals surface area contributed by atoms with Crippen LogP contribution in [0.5, 0.6) is 0 Å². The number of nitrogens with zero attached hydrogens (tertiary/aromatic N) is 1. The zero-order valence-electron chi connectivity index (χ0n) is 12.9. The largest absolute Gasteiger partial charge is 0.409 e. The number of nitrogens with one attached hydrogen (secondary N) is 1. The molecule has 0 aromatic heterocycles. The standard InChI is InChI=1S/C14H31N3O2/c1-12(2)11-19-10-6-9-16-8-5-7-14(3,4)13(15)17-18/h12,16,18H,5-11H2,1-4H3,(H2,15,17). The third-order valence-corrected chi connectivity index (χ3v) is 3.05. The van der Waals surface area contributed by atoms with E-state index in [1.54, 1.807) is 0 Å². The molecule has 5 nitrogen and oxygen atoms in total. The minimum Gasteiger partial charge on any atom is -0.409 e. The molecular formula is C14H31N3O2. The van der Waals surface area contributed by atoms with Gasteiger partial charge in [-0.25, -0.2) is 0 Å². The Morgan fingerprint density at radius 2 is 1.95 bits per heavy atom. The topological polar surface area (TPSA) is 79.9 Å². The van der Waals surface area contributed by atoms with E-state index in [2.05, 4.69) is 24.3 Å². The molecule has 0 aromatic carbocycles. The maximum absolute atomic E-state index is 8.67. The molecule has 0 saturated heterocycles. The van der Waals surface area contributed by atoms with E-state index in [0.29, 0.717) is 11.8 Å². The fraction of sp³-hybridized carbons (Fsp3) is 0.929. The Hall–Kier alpha value is -0.810. The molecule has 0 atom stereocenters. The average molecular weight is 273 g/mol. The third-order valence-electron chi connectivity index (χ3n) is 3.05. The van der Waals surface area contributed by atoms with Gasteiger partial charge in [0.2, 0.25) is 0 Å². The summed E-state index contributed by atoms with van der Waals surface area (Å²) in [4.78, 5) is 0. The van der Waals surface area contributed by atoms with Crippen molar-refractivity contribution in [2.75, 3.05) is 26.3 Å². The highest BCUT2D eigenvalue weighted by molar-refractivity contribution is 5.85. The summed E-state index contributed by atoms with van der Waals surface area (Å²) < 4.78 is 5.50. The lowest BCUT2D eigenvalue weighted by Gasteiger charge is -2.22. The maximum Gasteiger partial charge on any atom is 0.144 e. The molecule has 0 bridgehead atoms. The van der Waals surface area contributed by atoms with Crippen molar-refractivity contribution in [3.8, 4) is 0 Å². The SMILES string of the molecule is CC(C)COCCCNCCCC(C)(C)C(N)=NO. The first-order chi connectivity index (χ1) is 8.90. The molecule has 19 heavy (non-hydrogen) atoms. The summed E-state index contributed by atoms with van der Waals surface area (Å²) in [6, 6.07) is 0. The van der Waals surface area contributed by atoms with Crippen molar-refractivity contribution in [2.45, 2.75) is 47.0 Å². The van der Waals surface area contributed by atoms with Crippen LogP contribution in [0.15, 0.2) is 5.16 Å². The van der Waals surface area contributed by atoms with E-state index < -0.39 is 0 Å². The van der Waals surface area contributed by atoms with Crippen molar-refractivity contribution in [3.63, 3.8) is 0 Å². The van der Waals surface area contributed by atoms with E-state index in [9.17, 15) is 0 Å². The Kier molecular flexibility index (Phi) is 9.61. The van der Waals surface area contributed by atoms with E-state index in [0.717, 1.165) is 45.6 Å². The molecule has 0 amide bonds. The van der Waals surface area contributed by atoms with Gasteiger partial charge in [-0.3, -0.25) is 0 Å². The number of nitrogens with two attached hydrogens (primary N) is 1. The fourth-order valence-corrected chi connectivity index (χ4v) is 1.66. The zero-order chi connectivity index (χ0) is 14.7. The van der Waals surface area contributed by atoms with Gasteiger partial charge in [0.05, 0.1) is 0 Å². The lowest BCUT2D eigenvalue weighted by atomic mass is 9.86. The van der Waals surface area contributed by atoms with Crippen LogP contribution in [-0.4, -0.2) is 37.3 Å². The molecule has 0 heterocycles. The Morgan fingerprint density at radius 1 is 1.32 bits per heavy atom. The van der Waals surface area contributed by atoms with Crippen molar-refractivity contribution in [1.29, 1.82) is 0 Å². The molecule has 0 aliphatic heterocycles. The summed E-state index contributed by atoms with van der Waals surface area (Å²) in [5.74, 6) is 0.906. The van der Waals surface area contributed by atoms with E-state index in [1.807, 2.05) is 13.8 Å². The normalized spacial score (nSPS) is 13.2. The van der Waals surface area contributed by atoms with E-state index in [4.69, 9.17) is 15.7 Å². The first kappa shape index (κ1) is 18.2. The first-order valence-electron chi connectivity index (χ1n) is 7.16. The van der Waals surface area contributed by atoms with Crippen molar-refractivity contribution >= 4 is 5.84 Å². The molecule has 0 spiro atoms. The molecule has 0 saturated carbocycles. The van der Waals surface area contributed by atoms with Gasteiger partial charge in [0.1, 0.15) is 5.84 Å². The van der Waals surface area contributed by atoms with Crippen molar-refractivity contribution in [1.82, 2.24) is 5.32 Å². The summed E-state index contributed by atoms with van der Waals surface area (Å²) in [5, 5.41) is 15.1. The third kappa shape index (κ3) is 9.73. The van der Waals surface area contributed by atoms with Gasteiger partial charge in [-0.15, -0.1) is 0 Å². The monoisotopic (exact) mass is 273 g/mol. The Morgan fingerprint density at radius 3 is 2.53 bits per heavy atom. The average Bonchev–Trinajstić information content (AvgIpc) is 2.35. The van der Waals surface area contributed by atoms with Crippen LogP contribution in [0.3, 0.4) is 0 Å². The molecular weight excluding hydrogens is 242 g/mol. The molecule has 0 aromatic rings. The fourth-order valence-electron chi connectivity index (χ4n) is 1.66. The van der Waals surface area contributed by atoms with Crippen LogP contribution < -0.4 is 11.1 Å². The Balaban J connectivity index is 3.41. The van der Waals surface area contributed by atoms with Crippen LogP contribution in [0.2, 0.25) is 0 Å². The van der Waals surface area contributed by atoms with Gasteiger partial charge >= 0.3 is 0 Å². The van der Waals surface area contributed by atoms with Gasteiger partial charge in [-0.05, 0) is 38.3 Å².